The van der Waals surface area contributed by atoms with Crippen LogP contribution in [0.15, 0.2) is 49.1 Å². The lowest BCUT2D eigenvalue weighted by molar-refractivity contribution is -0.153. The Kier molecular flexibility index (Phi) is 12.2. The zero-order valence-electron chi connectivity index (χ0n) is 16.2. The van der Waals surface area contributed by atoms with Crippen molar-refractivity contribution in [3.05, 3.63) is 49.1 Å². The molecule has 1 rings (SSSR count). The van der Waals surface area contributed by atoms with Gasteiger partial charge in [-0.25, -0.2) is 0 Å². The van der Waals surface area contributed by atoms with Crippen molar-refractivity contribution in [2.24, 2.45) is 11.8 Å². The van der Waals surface area contributed by atoms with E-state index < -0.39 is 5.97 Å². The fraction of sp³-hybridized carbons (Fsp3) is 0.565. The first-order chi connectivity index (χ1) is 12.7. The van der Waals surface area contributed by atoms with Crippen molar-refractivity contribution in [2.45, 2.75) is 71.1 Å². The summed E-state index contributed by atoms with van der Waals surface area (Å²) in [4.78, 5) is 22.8. The van der Waals surface area contributed by atoms with E-state index in [1.54, 1.807) is 0 Å². The zero-order valence-corrected chi connectivity index (χ0v) is 16.2. The molecule has 0 saturated carbocycles. The third kappa shape index (κ3) is 9.55. The van der Waals surface area contributed by atoms with Crippen molar-refractivity contribution < 1.29 is 14.3 Å². The van der Waals surface area contributed by atoms with E-state index in [2.05, 4.69) is 29.5 Å². The lowest BCUT2D eigenvalue weighted by Gasteiger charge is -2.13. The molecule has 26 heavy (non-hydrogen) atoms. The van der Waals surface area contributed by atoms with Gasteiger partial charge < -0.3 is 4.74 Å². The molecule has 1 aliphatic heterocycles. The van der Waals surface area contributed by atoms with Gasteiger partial charge in [0.1, 0.15) is 0 Å². The van der Waals surface area contributed by atoms with E-state index in [1.165, 1.54) is 32.1 Å². The molecule has 2 unspecified atom stereocenters. The first kappa shape index (κ1) is 22.1. The highest BCUT2D eigenvalue weighted by Crippen LogP contribution is 2.27. The van der Waals surface area contributed by atoms with Crippen molar-refractivity contribution >= 4 is 11.9 Å². The molecule has 0 N–H and O–H groups in total. The lowest BCUT2D eigenvalue weighted by Crippen LogP contribution is -2.17. The smallest absolute Gasteiger partial charge is 0.317 e. The van der Waals surface area contributed by atoms with E-state index in [0.717, 1.165) is 25.7 Å². The van der Waals surface area contributed by atoms with Gasteiger partial charge in [-0.2, -0.15) is 0 Å². The monoisotopic (exact) mass is 358 g/mol. The molecule has 1 saturated heterocycles. The summed E-state index contributed by atoms with van der Waals surface area (Å²) < 4.78 is 4.64. The molecule has 1 fully saturated rings. The number of cyclic esters (lactones) is 2. The number of ether oxygens (including phenoxy) is 1. The Morgan fingerprint density at radius 3 is 2.42 bits per heavy atom. The van der Waals surface area contributed by atoms with Crippen LogP contribution in [0.25, 0.3) is 0 Å². The van der Waals surface area contributed by atoms with E-state index >= 15 is 0 Å². The van der Waals surface area contributed by atoms with Crippen LogP contribution in [0.5, 0.6) is 0 Å². The van der Waals surface area contributed by atoms with Crippen molar-refractivity contribution in [1.82, 2.24) is 0 Å². The van der Waals surface area contributed by atoms with E-state index in [4.69, 9.17) is 0 Å². The Labute approximate surface area is 158 Å². The van der Waals surface area contributed by atoms with Gasteiger partial charge in [-0.15, -0.1) is 6.58 Å². The Balaban J connectivity index is 2.12. The van der Waals surface area contributed by atoms with Crippen LogP contribution in [-0.4, -0.2) is 11.9 Å². The second-order valence-electron chi connectivity index (χ2n) is 6.83. The normalized spacial score (nSPS) is 19.0. The number of hydrogen-bond donors (Lipinski definition) is 0. The van der Waals surface area contributed by atoms with Crippen LogP contribution in [-0.2, 0) is 14.3 Å². The minimum Gasteiger partial charge on any atom is -0.393 e. The van der Waals surface area contributed by atoms with Crippen LogP contribution in [0.3, 0.4) is 0 Å². The van der Waals surface area contributed by atoms with E-state index in [1.807, 2.05) is 31.2 Å². The SMILES string of the molecule is C=CCCCCCCC/C=C\C/C=C\C=C\C(CC)C1CC(=O)OC1=O. The number of carbonyl (C=O) groups is 2. The Morgan fingerprint density at radius 1 is 1.04 bits per heavy atom. The van der Waals surface area contributed by atoms with Crippen LogP contribution in [0, 0.1) is 11.8 Å². The molecule has 0 aromatic carbocycles. The summed E-state index contributed by atoms with van der Waals surface area (Å²) >= 11 is 0. The molecule has 144 valence electrons. The van der Waals surface area contributed by atoms with Gasteiger partial charge in [0.15, 0.2) is 0 Å². The number of hydrogen-bond acceptors (Lipinski definition) is 3. The largest absolute Gasteiger partial charge is 0.393 e. The maximum absolute atomic E-state index is 11.6. The quantitative estimate of drug-likeness (QED) is 0.124. The zero-order chi connectivity index (χ0) is 19.0. The summed E-state index contributed by atoms with van der Waals surface area (Å²) in [7, 11) is 0. The second kappa shape index (κ2) is 14.3. The van der Waals surface area contributed by atoms with Gasteiger partial charge in [0, 0.05) is 0 Å². The maximum atomic E-state index is 11.6. The molecule has 3 heteroatoms. The molecule has 0 spiro atoms. The van der Waals surface area contributed by atoms with Crippen LogP contribution in [0.1, 0.15) is 71.1 Å². The van der Waals surface area contributed by atoms with E-state index in [-0.39, 0.29) is 24.2 Å². The summed E-state index contributed by atoms with van der Waals surface area (Å²) in [5.74, 6) is -1.02. The Hall–Kier alpha value is -1.90. The van der Waals surface area contributed by atoms with E-state index in [9.17, 15) is 9.59 Å². The molecule has 2 atom stereocenters. The van der Waals surface area contributed by atoms with Crippen LogP contribution < -0.4 is 0 Å². The predicted octanol–water partition coefficient (Wildman–Crippen LogP) is 6.08. The topological polar surface area (TPSA) is 43.4 Å². The van der Waals surface area contributed by atoms with Gasteiger partial charge in [0.25, 0.3) is 0 Å². The summed E-state index contributed by atoms with van der Waals surface area (Å²) in [6.07, 6.45) is 25.3. The molecular formula is C23H34O3. The summed E-state index contributed by atoms with van der Waals surface area (Å²) in [6.45, 7) is 5.77. The Bertz CT molecular complexity index is 514. The number of carbonyl (C=O) groups excluding carboxylic acids is 2. The van der Waals surface area contributed by atoms with Gasteiger partial charge in [0.05, 0.1) is 12.3 Å². The fourth-order valence-corrected chi connectivity index (χ4v) is 3.11. The fourth-order valence-electron chi connectivity index (χ4n) is 3.11. The van der Waals surface area contributed by atoms with Gasteiger partial charge in [-0.05, 0) is 44.4 Å². The summed E-state index contributed by atoms with van der Waals surface area (Å²) in [5, 5.41) is 0. The van der Waals surface area contributed by atoms with Crippen molar-refractivity contribution in [3.8, 4) is 0 Å². The van der Waals surface area contributed by atoms with Gasteiger partial charge in [-0.3, -0.25) is 9.59 Å². The van der Waals surface area contributed by atoms with Crippen LogP contribution >= 0.6 is 0 Å². The number of allylic oxidation sites excluding steroid dienone is 7. The first-order valence-electron chi connectivity index (χ1n) is 10.0. The maximum Gasteiger partial charge on any atom is 0.317 e. The molecule has 0 radical (unpaired) electrons. The third-order valence-electron chi connectivity index (χ3n) is 4.72. The Morgan fingerprint density at radius 2 is 1.77 bits per heavy atom. The van der Waals surface area contributed by atoms with Crippen molar-refractivity contribution in [2.75, 3.05) is 0 Å². The molecule has 0 aliphatic carbocycles. The minimum atomic E-state index is -0.399. The molecule has 0 aromatic heterocycles. The standard InChI is InChI=1S/C23H34O3/c1-3-5-6-7-8-9-10-11-12-13-14-15-16-17-18-20(4-2)21-19-22(24)26-23(21)25/h3,12-13,15-18,20-21H,1,4-11,14,19H2,2H3/b13-12-,16-15-,18-17+. The first-order valence-corrected chi connectivity index (χ1v) is 10.0. The highest BCUT2D eigenvalue weighted by atomic mass is 16.6. The second-order valence-corrected chi connectivity index (χ2v) is 6.83. The van der Waals surface area contributed by atoms with Crippen molar-refractivity contribution in [3.63, 3.8) is 0 Å². The highest BCUT2D eigenvalue weighted by molar-refractivity contribution is 5.94. The molecular weight excluding hydrogens is 324 g/mol. The van der Waals surface area contributed by atoms with Crippen LogP contribution in [0.4, 0.5) is 0 Å². The molecule has 0 amide bonds. The van der Waals surface area contributed by atoms with Crippen molar-refractivity contribution in [1.29, 1.82) is 0 Å². The van der Waals surface area contributed by atoms with Crippen LogP contribution in [0.2, 0.25) is 0 Å². The third-order valence-corrected chi connectivity index (χ3v) is 4.72. The number of esters is 2. The molecule has 1 aliphatic rings. The van der Waals surface area contributed by atoms with Gasteiger partial charge in [-0.1, -0.05) is 68.7 Å². The van der Waals surface area contributed by atoms with Gasteiger partial charge >= 0.3 is 11.9 Å². The molecule has 1 heterocycles. The number of rotatable bonds is 14. The predicted molar refractivity (Wildman–Crippen MR) is 108 cm³/mol. The molecule has 3 nitrogen and oxygen atoms in total. The number of unbranched alkanes of at least 4 members (excludes halogenated alkanes) is 6. The van der Waals surface area contributed by atoms with Gasteiger partial charge in [0.2, 0.25) is 0 Å². The minimum absolute atomic E-state index is 0.0700. The summed E-state index contributed by atoms with van der Waals surface area (Å²) in [5.41, 5.74) is 0. The highest BCUT2D eigenvalue weighted by Gasteiger charge is 2.37. The summed E-state index contributed by atoms with van der Waals surface area (Å²) in [6, 6.07) is 0. The molecule has 0 aromatic rings. The average Bonchev–Trinajstić information content (AvgIpc) is 2.96. The lowest BCUT2D eigenvalue weighted by atomic mass is 9.88. The van der Waals surface area contributed by atoms with E-state index in [0.29, 0.717) is 0 Å². The average molecular weight is 359 g/mol. The molecule has 0 bridgehead atoms.